The fourth-order valence-electron chi connectivity index (χ4n) is 1.36. The molecule has 1 atom stereocenters. The van der Waals surface area contributed by atoms with E-state index in [-0.39, 0.29) is 11.9 Å². The standard InChI is InChI=1S/C12H18FNOS/c1-9(14)11-5-4-10(8-12(11)13)15-6-3-7-16-2/h4-5,8-9H,3,6-7,14H2,1-2H3/t9-/m1/s1. The first kappa shape index (κ1) is 13.3. The summed E-state index contributed by atoms with van der Waals surface area (Å²) in [6.45, 7) is 2.38. The van der Waals surface area contributed by atoms with Gasteiger partial charge in [0.05, 0.1) is 6.61 Å². The van der Waals surface area contributed by atoms with E-state index in [2.05, 4.69) is 6.26 Å². The van der Waals surface area contributed by atoms with Crippen LogP contribution in [0.5, 0.6) is 5.75 Å². The van der Waals surface area contributed by atoms with Gasteiger partial charge in [-0.2, -0.15) is 11.8 Å². The Balaban J connectivity index is 2.53. The maximum Gasteiger partial charge on any atom is 0.131 e. The van der Waals surface area contributed by atoms with Crippen LogP contribution in [0.3, 0.4) is 0 Å². The Morgan fingerprint density at radius 2 is 2.25 bits per heavy atom. The molecule has 0 radical (unpaired) electrons. The molecule has 1 aromatic rings. The third kappa shape index (κ3) is 4.02. The van der Waals surface area contributed by atoms with Crippen molar-refractivity contribution in [2.75, 3.05) is 18.6 Å². The first-order valence-corrected chi connectivity index (χ1v) is 6.71. The van der Waals surface area contributed by atoms with Crippen molar-refractivity contribution in [3.05, 3.63) is 29.6 Å². The lowest BCUT2D eigenvalue weighted by molar-refractivity contribution is 0.316. The molecule has 16 heavy (non-hydrogen) atoms. The van der Waals surface area contributed by atoms with Crippen molar-refractivity contribution in [1.82, 2.24) is 0 Å². The number of nitrogens with two attached hydrogens (primary N) is 1. The fraction of sp³-hybridized carbons (Fsp3) is 0.500. The summed E-state index contributed by atoms with van der Waals surface area (Å²) in [5.41, 5.74) is 6.15. The molecule has 90 valence electrons. The zero-order valence-electron chi connectivity index (χ0n) is 9.70. The van der Waals surface area contributed by atoms with Crippen LogP contribution in [0, 0.1) is 5.82 Å². The number of rotatable bonds is 6. The number of hydrogen-bond donors (Lipinski definition) is 1. The van der Waals surface area contributed by atoms with Gasteiger partial charge < -0.3 is 10.5 Å². The zero-order valence-corrected chi connectivity index (χ0v) is 10.5. The van der Waals surface area contributed by atoms with Crippen LogP contribution in [0.15, 0.2) is 18.2 Å². The molecule has 2 N–H and O–H groups in total. The van der Waals surface area contributed by atoms with Crippen molar-refractivity contribution in [3.8, 4) is 5.75 Å². The molecular weight excluding hydrogens is 225 g/mol. The van der Waals surface area contributed by atoms with E-state index in [0.29, 0.717) is 17.9 Å². The molecule has 2 nitrogen and oxygen atoms in total. The highest BCUT2D eigenvalue weighted by Crippen LogP contribution is 2.20. The Morgan fingerprint density at radius 3 is 2.81 bits per heavy atom. The molecule has 0 fully saturated rings. The number of ether oxygens (including phenoxy) is 1. The van der Waals surface area contributed by atoms with E-state index in [1.165, 1.54) is 6.07 Å². The quantitative estimate of drug-likeness (QED) is 0.780. The molecule has 0 heterocycles. The maximum atomic E-state index is 13.5. The first-order valence-electron chi connectivity index (χ1n) is 5.32. The van der Waals surface area contributed by atoms with Crippen LogP contribution >= 0.6 is 11.8 Å². The molecule has 0 bridgehead atoms. The molecule has 1 aromatic carbocycles. The van der Waals surface area contributed by atoms with Crippen LogP contribution in [-0.2, 0) is 0 Å². The first-order chi connectivity index (χ1) is 7.65. The minimum Gasteiger partial charge on any atom is -0.493 e. The van der Waals surface area contributed by atoms with Crippen molar-refractivity contribution in [2.24, 2.45) is 5.73 Å². The molecule has 0 amide bonds. The van der Waals surface area contributed by atoms with Gasteiger partial charge in [-0.1, -0.05) is 6.07 Å². The average Bonchev–Trinajstić information content (AvgIpc) is 2.24. The topological polar surface area (TPSA) is 35.2 Å². The summed E-state index contributed by atoms with van der Waals surface area (Å²) in [5, 5.41) is 0. The Labute approximate surface area is 100 Å². The second-order valence-electron chi connectivity index (χ2n) is 3.67. The number of halogens is 1. The third-order valence-electron chi connectivity index (χ3n) is 2.22. The van der Waals surface area contributed by atoms with Crippen LogP contribution in [-0.4, -0.2) is 18.6 Å². The summed E-state index contributed by atoms with van der Waals surface area (Å²) in [6.07, 6.45) is 3.02. The molecule has 0 aliphatic carbocycles. The molecule has 0 saturated carbocycles. The summed E-state index contributed by atoms with van der Waals surface area (Å²) in [6, 6.07) is 4.56. The summed E-state index contributed by atoms with van der Waals surface area (Å²) in [5.74, 6) is 1.33. The number of thioether (sulfide) groups is 1. The highest BCUT2D eigenvalue weighted by atomic mass is 32.2. The van der Waals surface area contributed by atoms with Gasteiger partial charge in [0.1, 0.15) is 11.6 Å². The second kappa shape index (κ2) is 6.76. The van der Waals surface area contributed by atoms with E-state index < -0.39 is 0 Å². The Hall–Kier alpha value is -0.740. The molecule has 0 spiro atoms. The molecule has 1 rings (SSSR count). The zero-order chi connectivity index (χ0) is 12.0. The predicted molar refractivity (Wildman–Crippen MR) is 67.5 cm³/mol. The smallest absolute Gasteiger partial charge is 0.131 e. The van der Waals surface area contributed by atoms with E-state index >= 15 is 0 Å². The minimum absolute atomic E-state index is 0.287. The highest BCUT2D eigenvalue weighted by Gasteiger charge is 2.07. The van der Waals surface area contributed by atoms with Crippen LogP contribution in [0.4, 0.5) is 4.39 Å². The summed E-state index contributed by atoms with van der Waals surface area (Å²) in [4.78, 5) is 0. The van der Waals surface area contributed by atoms with Crippen molar-refractivity contribution in [1.29, 1.82) is 0 Å². The van der Waals surface area contributed by atoms with Gasteiger partial charge in [0.25, 0.3) is 0 Å². The summed E-state index contributed by atoms with van der Waals surface area (Å²) >= 11 is 1.78. The Morgan fingerprint density at radius 1 is 1.50 bits per heavy atom. The average molecular weight is 243 g/mol. The molecule has 0 aliphatic heterocycles. The number of benzene rings is 1. The van der Waals surface area contributed by atoms with Gasteiger partial charge in [0.2, 0.25) is 0 Å². The monoisotopic (exact) mass is 243 g/mol. The van der Waals surface area contributed by atoms with Crippen LogP contribution < -0.4 is 10.5 Å². The third-order valence-corrected chi connectivity index (χ3v) is 2.92. The lowest BCUT2D eigenvalue weighted by atomic mass is 10.1. The van der Waals surface area contributed by atoms with Crippen LogP contribution in [0.25, 0.3) is 0 Å². The van der Waals surface area contributed by atoms with Gasteiger partial charge >= 0.3 is 0 Å². The van der Waals surface area contributed by atoms with Gasteiger partial charge in [-0.15, -0.1) is 0 Å². The van der Waals surface area contributed by atoms with Gasteiger partial charge in [-0.05, 0) is 31.4 Å². The minimum atomic E-state index is -0.294. The molecule has 0 unspecified atom stereocenters. The normalized spacial score (nSPS) is 12.5. The summed E-state index contributed by atoms with van der Waals surface area (Å²) < 4.78 is 18.9. The predicted octanol–water partition coefficient (Wildman–Crippen LogP) is 2.98. The maximum absolute atomic E-state index is 13.5. The van der Waals surface area contributed by atoms with Crippen molar-refractivity contribution in [2.45, 2.75) is 19.4 Å². The van der Waals surface area contributed by atoms with E-state index in [9.17, 15) is 4.39 Å². The van der Waals surface area contributed by atoms with E-state index in [1.807, 2.05) is 0 Å². The molecule has 4 heteroatoms. The van der Waals surface area contributed by atoms with Gasteiger partial charge in [0, 0.05) is 17.7 Å². The largest absolute Gasteiger partial charge is 0.493 e. The number of hydrogen-bond acceptors (Lipinski definition) is 3. The molecular formula is C12H18FNOS. The molecule has 0 aliphatic rings. The van der Waals surface area contributed by atoms with Crippen LogP contribution in [0.1, 0.15) is 24.9 Å². The van der Waals surface area contributed by atoms with Crippen LogP contribution in [0.2, 0.25) is 0 Å². The Kier molecular flexibility index (Phi) is 5.63. The van der Waals surface area contributed by atoms with Crippen molar-refractivity contribution >= 4 is 11.8 Å². The fourth-order valence-corrected chi connectivity index (χ4v) is 1.77. The van der Waals surface area contributed by atoms with E-state index in [4.69, 9.17) is 10.5 Å². The van der Waals surface area contributed by atoms with Gasteiger partial charge in [-0.3, -0.25) is 0 Å². The van der Waals surface area contributed by atoms with Crippen molar-refractivity contribution < 1.29 is 9.13 Å². The van der Waals surface area contributed by atoms with Gasteiger partial charge in [-0.25, -0.2) is 4.39 Å². The van der Waals surface area contributed by atoms with Gasteiger partial charge in [0.15, 0.2) is 0 Å². The Bertz CT molecular complexity index is 331. The SMILES string of the molecule is CSCCCOc1ccc([C@@H](C)N)c(F)c1. The molecule has 0 aromatic heterocycles. The van der Waals surface area contributed by atoms with E-state index in [1.54, 1.807) is 30.8 Å². The lowest BCUT2D eigenvalue weighted by Crippen LogP contribution is -2.07. The summed E-state index contributed by atoms with van der Waals surface area (Å²) in [7, 11) is 0. The van der Waals surface area contributed by atoms with Crippen molar-refractivity contribution in [3.63, 3.8) is 0 Å². The molecule has 0 saturated heterocycles. The van der Waals surface area contributed by atoms with E-state index in [0.717, 1.165) is 12.2 Å². The highest BCUT2D eigenvalue weighted by molar-refractivity contribution is 7.98. The lowest BCUT2D eigenvalue weighted by Gasteiger charge is -2.10. The second-order valence-corrected chi connectivity index (χ2v) is 4.65.